The van der Waals surface area contributed by atoms with Crippen LogP contribution in [0.3, 0.4) is 0 Å². The van der Waals surface area contributed by atoms with E-state index in [0.717, 1.165) is 5.56 Å². The Morgan fingerprint density at radius 2 is 2.00 bits per heavy atom. The first-order valence-electron chi connectivity index (χ1n) is 4.77. The molecule has 1 unspecified atom stereocenters. The van der Waals surface area contributed by atoms with Crippen LogP contribution in [0, 0.1) is 0 Å². The third-order valence-electron chi connectivity index (χ3n) is 2.16. The van der Waals surface area contributed by atoms with Crippen LogP contribution in [0.4, 0.5) is 0 Å². The standard InChI is InChI=1S/C10H10N4O2/c1-6(7-3-2-4-11-5-7)12-10-13-8(15)9(16)14-10/h2-6H,1H3,(H2,12,13,14,15,16). The summed E-state index contributed by atoms with van der Waals surface area (Å²) < 4.78 is 0. The van der Waals surface area contributed by atoms with Crippen molar-refractivity contribution in [1.29, 1.82) is 0 Å². The van der Waals surface area contributed by atoms with Crippen molar-refractivity contribution in [2.24, 2.45) is 4.99 Å². The van der Waals surface area contributed by atoms with Gasteiger partial charge in [0.05, 0.1) is 6.04 Å². The van der Waals surface area contributed by atoms with Gasteiger partial charge in [-0.3, -0.25) is 25.2 Å². The summed E-state index contributed by atoms with van der Waals surface area (Å²) in [6, 6.07) is 3.50. The van der Waals surface area contributed by atoms with Crippen LogP contribution in [0.2, 0.25) is 0 Å². The van der Waals surface area contributed by atoms with Crippen LogP contribution in [0.15, 0.2) is 29.5 Å². The zero-order valence-electron chi connectivity index (χ0n) is 8.60. The van der Waals surface area contributed by atoms with Crippen LogP contribution >= 0.6 is 0 Å². The van der Waals surface area contributed by atoms with Crippen molar-refractivity contribution in [3.8, 4) is 0 Å². The van der Waals surface area contributed by atoms with E-state index in [0.29, 0.717) is 0 Å². The predicted octanol–water partition coefficient (Wildman–Crippen LogP) is -0.255. The molecule has 82 valence electrons. The van der Waals surface area contributed by atoms with E-state index in [1.807, 2.05) is 13.0 Å². The molecule has 0 aliphatic carbocycles. The molecule has 0 spiro atoms. The molecule has 0 radical (unpaired) electrons. The van der Waals surface area contributed by atoms with Gasteiger partial charge in [-0.15, -0.1) is 0 Å². The molecule has 1 aliphatic rings. The molecule has 0 aromatic carbocycles. The van der Waals surface area contributed by atoms with Crippen LogP contribution in [-0.4, -0.2) is 22.8 Å². The number of amides is 2. The molecule has 6 heteroatoms. The van der Waals surface area contributed by atoms with Gasteiger partial charge in [-0.05, 0) is 18.6 Å². The predicted molar refractivity (Wildman–Crippen MR) is 56.4 cm³/mol. The molecule has 2 N–H and O–H groups in total. The first kappa shape index (κ1) is 10.3. The van der Waals surface area contributed by atoms with Gasteiger partial charge < -0.3 is 0 Å². The van der Waals surface area contributed by atoms with Gasteiger partial charge in [0.15, 0.2) is 0 Å². The van der Waals surface area contributed by atoms with Crippen LogP contribution in [0.5, 0.6) is 0 Å². The maximum Gasteiger partial charge on any atom is 0.316 e. The quantitative estimate of drug-likeness (QED) is 0.671. The van der Waals surface area contributed by atoms with Crippen molar-refractivity contribution in [2.45, 2.75) is 13.0 Å². The number of carbonyl (C=O) groups excluding carboxylic acids is 2. The highest BCUT2D eigenvalue weighted by Gasteiger charge is 2.25. The van der Waals surface area contributed by atoms with E-state index < -0.39 is 11.8 Å². The van der Waals surface area contributed by atoms with Gasteiger partial charge >= 0.3 is 11.8 Å². The summed E-state index contributed by atoms with van der Waals surface area (Å²) in [6.07, 6.45) is 3.36. The van der Waals surface area contributed by atoms with Gasteiger partial charge in [0, 0.05) is 12.4 Å². The third-order valence-corrected chi connectivity index (χ3v) is 2.16. The number of carbonyl (C=O) groups is 2. The number of guanidine groups is 1. The molecule has 0 bridgehead atoms. The van der Waals surface area contributed by atoms with E-state index in [-0.39, 0.29) is 12.0 Å². The zero-order valence-corrected chi connectivity index (χ0v) is 8.60. The largest absolute Gasteiger partial charge is 0.316 e. The van der Waals surface area contributed by atoms with Crippen LogP contribution < -0.4 is 10.6 Å². The van der Waals surface area contributed by atoms with E-state index in [2.05, 4.69) is 20.6 Å². The van der Waals surface area contributed by atoms with Gasteiger partial charge in [-0.25, -0.2) is 4.99 Å². The number of nitrogens with one attached hydrogen (secondary N) is 2. The molecule has 1 atom stereocenters. The molecular formula is C10H10N4O2. The Hall–Kier alpha value is -2.24. The number of hydrogen-bond acceptors (Lipinski definition) is 4. The maximum absolute atomic E-state index is 10.9. The Morgan fingerprint density at radius 3 is 2.56 bits per heavy atom. The average molecular weight is 218 g/mol. The van der Waals surface area contributed by atoms with Crippen LogP contribution in [-0.2, 0) is 9.59 Å². The zero-order chi connectivity index (χ0) is 11.5. The molecule has 2 heterocycles. The first-order valence-corrected chi connectivity index (χ1v) is 4.77. The fourth-order valence-electron chi connectivity index (χ4n) is 1.32. The lowest BCUT2D eigenvalue weighted by atomic mass is 10.1. The Kier molecular flexibility index (Phi) is 2.63. The minimum Gasteiger partial charge on any atom is -0.288 e. The van der Waals surface area contributed by atoms with E-state index in [1.165, 1.54) is 0 Å². The van der Waals surface area contributed by atoms with Crippen LogP contribution in [0.1, 0.15) is 18.5 Å². The summed E-state index contributed by atoms with van der Waals surface area (Å²) in [7, 11) is 0. The third kappa shape index (κ3) is 2.05. The monoisotopic (exact) mass is 218 g/mol. The maximum atomic E-state index is 10.9. The summed E-state index contributed by atoms with van der Waals surface area (Å²) in [5, 5.41) is 4.67. The van der Waals surface area contributed by atoms with Crippen molar-refractivity contribution < 1.29 is 9.59 Å². The number of nitrogens with zero attached hydrogens (tertiary/aromatic N) is 2. The highest BCUT2D eigenvalue weighted by molar-refractivity contribution is 6.45. The SMILES string of the molecule is CC(N=C1NC(=O)C(=O)N1)c1cccnc1. The van der Waals surface area contributed by atoms with E-state index in [9.17, 15) is 9.59 Å². The van der Waals surface area contributed by atoms with Gasteiger partial charge in [0.1, 0.15) is 0 Å². The van der Waals surface area contributed by atoms with Gasteiger partial charge in [0.2, 0.25) is 5.96 Å². The van der Waals surface area contributed by atoms with E-state index in [1.54, 1.807) is 18.5 Å². The number of rotatable bonds is 2. The Bertz CT molecular complexity index is 437. The van der Waals surface area contributed by atoms with Crippen molar-refractivity contribution in [1.82, 2.24) is 15.6 Å². The topological polar surface area (TPSA) is 83.5 Å². The molecule has 1 aromatic heterocycles. The molecule has 2 rings (SSSR count). The van der Waals surface area contributed by atoms with Gasteiger partial charge in [0.25, 0.3) is 0 Å². The van der Waals surface area contributed by atoms with E-state index >= 15 is 0 Å². The summed E-state index contributed by atoms with van der Waals surface area (Å²) in [6.45, 7) is 1.85. The summed E-state index contributed by atoms with van der Waals surface area (Å²) in [5.41, 5.74) is 0.908. The highest BCUT2D eigenvalue weighted by atomic mass is 16.2. The molecule has 1 aromatic rings. The molecule has 2 amide bonds. The second-order valence-corrected chi connectivity index (χ2v) is 3.35. The molecule has 16 heavy (non-hydrogen) atoms. The highest BCUT2D eigenvalue weighted by Crippen LogP contribution is 2.14. The lowest BCUT2D eigenvalue weighted by Gasteiger charge is -2.06. The van der Waals surface area contributed by atoms with Gasteiger partial charge in [-0.2, -0.15) is 0 Å². The fourth-order valence-corrected chi connectivity index (χ4v) is 1.32. The molecule has 6 nitrogen and oxygen atoms in total. The lowest BCUT2D eigenvalue weighted by Crippen LogP contribution is -2.26. The molecule has 0 saturated carbocycles. The Morgan fingerprint density at radius 1 is 1.31 bits per heavy atom. The van der Waals surface area contributed by atoms with Crippen molar-refractivity contribution in [3.05, 3.63) is 30.1 Å². The summed E-state index contributed by atoms with van der Waals surface area (Å²) in [5.74, 6) is -1.18. The van der Waals surface area contributed by atoms with Crippen LogP contribution in [0.25, 0.3) is 0 Å². The molecular weight excluding hydrogens is 208 g/mol. The first-order chi connectivity index (χ1) is 7.66. The second kappa shape index (κ2) is 4.09. The van der Waals surface area contributed by atoms with Crippen molar-refractivity contribution in [3.63, 3.8) is 0 Å². The average Bonchev–Trinajstić information content (AvgIpc) is 2.59. The van der Waals surface area contributed by atoms with Gasteiger partial charge in [-0.1, -0.05) is 6.07 Å². The number of hydrogen-bond donors (Lipinski definition) is 2. The number of pyridine rings is 1. The number of aromatic nitrogens is 1. The molecule has 1 fully saturated rings. The summed E-state index contributed by atoms with van der Waals surface area (Å²) >= 11 is 0. The smallest absolute Gasteiger partial charge is 0.288 e. The fraction of sp³-hybridized carbons (Fsp3) is 0.200. The number of aliphatic imine (C=N–C) groups is 1. The van der Waals surface area contributed by atoms with E-state index in [4.69, 9.17) is 0 Å². The minimum atomic E-state index is -0.683. The molecule has 1 saturated heterocycles. The Balaban J connectivity index is 2.14. The summed E-state index contributed by atoms with van der Waals surface area (Å²) in [4.78, 5) is 29.9. The minimum absolute atomic E-state index is 0.178. The second-order valence-electron chi connectivity index (χ2n) is 3.35. The Labute approximate surface area is 91.8 Å². The normalized spacial score (nSPS) is 16.7. The van der Waals surface area contributed by atoms with Crippen molar-refractivity contribution >= 4 is 17.8 Å². The lowest BCUT2D eigenvalue weighted by molar-refractivity contribution is -0.135. The van der Waals surface area contributed by atoms with Crippen molar-refractivity contribution in [2.75, 3.05) is 0 Å². The molecule has 1 aliphatic heterocycles.